The highest BCUT2D eigenvalue weighted by Crippen LogP contribution is 2.26. The summed E-state index contributed by atoms with van der Waals surface area (Å²) in [5.41, 5.74) is 1.05. The Morgan fingerprint density at radius 1 is 0.966 bits per heavy atom. The van der Waals surface area contributed by atoms with Crippen molar-refractivity contribution in [2.24, 2.45) is 0 Å². The molecule has 0 fully saturated rings. The van der Waals surface area contributed by atoms with Crippen molar-refractivity contribution in [3.05, 3.63) is 72.3 Å². The number of unbranched alkanes of at least 4 members (excludes halogenated alkanes) is 1. The van der Waals surface area contributed by atoms with E-state index in [1.807, 2.05) is 49.4 Å². The van der Waals surface area contributed by atoms with Crippen LogP contribution in [-0.2, 0) is 9.53 Å². The number of amides is 1. The van der Waals surface area contributed by atoms with E-state index in [0.717, 1.165) is 23.6 Å². The number of hydrogen-bond acceptors (Lipinski definition) is 4. The van der Waals surface area contributed by atoms with Crippen LogP contribution in [0.5, 0.6) is 5.75 Å². The Kier molecular flexibility index (Phi) is 6.85. The zero-order chi connectivity index (χ0) is 20.6. The van der Waals surface area contributed by atoms with Gasteiger partial charge in [0.15, 0.2) is 6.10 Å². The van der Waals surface area contributed by atoms with Crippen molar-refractivity contribution in [1.29, 1.82) is 0 Å². The minimum atomic E-state index is -0.681. The van der Waals surface area contributed by atoms with Crippen LogP contribution in [0.3, 0.4) is 0 Å². The molecule has 1 atom stereocenters. The lowest BCUT2D eigenvalue weighted by molar-refractivity contribution is -0.122. The van der Waals surface area contributed by atoms with Gasteiger partial charge in [-0.2, -0.15) is 0 Å². The van der Waals surface area contributed by atoms with Crippen LogP contribution in [0.1, 0.15) is 37.0 Å². The van der Waals surface area contributed by atoms with Gasteiger partial charge in [0.25, 0.3) is 5.91 Å². The predicted octanol–water partition coefficient (Wildman–Crippen LogP) is 5.20. The number of benzene rings is 3. The molecule has 1 unspecified atom stereocenters. The van der Waals surface area contributed by atoms with Gasteiger partial charge in [0, 0.05) is 11.1 Å². The van der Waals surface area contributed by atoms with Gasteiger partial charge >= 0.3 is 5.97 Å². The third-order valence-corrected chi connectivity index (χ3v) is 4.54. The summed E-state index contributed by atoms with van der Waals surface area (Å²) in [5, 5.41) is 4.83. The van der Waals surface area contributed by atoms with E-state index < -0.39 is 6.10 Å². The number of anilines is 1. The van der Waals surface area contributed by atoms with Gasteiger partial charge in [-0.25, -0.2) is 4.79 Å². The molecule has 150 valence electrons. The van der Waals surface area contributed by atoms with E-state index in [-0.39, 0.29) is 11.9 Å². The summed E-state index contributed by atoms with van der Waals surface area (Å²) < 4.78 is 11.1. The molecule has 29 heavy (non-hydrogen) atoms. The number of esters is 1. The van der Waals surface area contributed by atoms with Crippen LogP contribution in [0.15, 0.2) is 66.7 Å². The second-order valence-electron chi connectivity index (χ2n) is 6.79. The topological polar surface area (TPSA) is 64.6 Å². The maximum Gasteiger partial charge on any atom is 0.338 e. The van der Waals surface area contributed by atoms with Crippen LogP contribution < -0.4 is 10.1 Å². The molecule has 0 heterocycles. The number of rotatable bonds is 8. The Hall–Kier alpha value is -3.34. The molecule has 0 aliphatic carbocycles. The standard InChI is InChI=1S/C24H25NO4/c1-3-4-16-28-24(27)19-12-14-20(15-13-19)25-23(26)17(2)29-22-11-7-9-18-8-5-6-10-21(18)22/h5-15,17H,3-4,16H2,1-2H3,(H,25,26). The molecule has 0 spiro atoms. The fraction of sp³-hybridized carbons (Fsp3) is 0.250. The van der Waals surface area contributed by atoms with Crippen LogP contribution in [0.4, 0.5) is 5.69 Å². The SMILES string of the molecule is CCCCOC(=O)c1ccc(NC(=O)C(C)Oc2cccc3ccccc23)cc1. The van der Waals surface area contributed by atoms with Crippen molar-refractivity contribution in [3.8, 4) is 5.75 Å². The Morgan fingerprint density at radius 2 is 1.69 bits per heavy atom. The quantitative estimate of drug-likeness (QED) is 0.423. The normalized spacial score (nSPS) is 11.7. The Balaban J connectivity index is 1.60. The predicted molar refractivity (Wildman–Crippen MR) is 114 cm³/mol. The fourth-order valence-electron chi connectivity index (χ4n) is 2.87. The highest BCUT2D eigenvalue weighted by Gasteiger charge is 2.16. The van der Waals surface area contributed by atoms with Crippen LogP contribution in [0, 0.1) is 0 Å². The van der Waals surface area contributed by atoms with E-state index in [1.54, 1.807) is 31.2 Å². The lowest BCUT2D eigenvalue weighted by Gasteiger charge is -2.16. The van der Waals surface area contributed by atoms with Crippen molar-refractivity contribution in [1.82, 2.24) is 0 Å². The van der Waals surface area contributed by atoms with E-state index in [2.05, 4.69) is 5.32 Å². The molecular weight excluding hydrogens is 366 g/mol. The zero-order valence-electron chi connectivity index (χ0n) is 16.7. The summed E-state index contributed by atoms with van der Waals surface area (Å²) in [5.74, 6) is 0.0381. The first-order valence-electron chi connectivity index (χ1n) is 9.81. The van der Waals surface area contributed by atoms with E-state index in [4.69, 9.17) is 9.47 Å². The first-order chi connectivity index (χ1) is 14.1. The summed E-state index contributed by atoms with van der Waals surface area (Å²) in [6, 6.07) is 20.3. The third kappa shape index (κ3) is 5.35. The molecule has 3 aromatic carbocycles. The maximum absolute atomic E-state index is 12.5. The molecule has 3 rings (SSSR count). The van der Waals surface area contributed by atoms with Crippen molar-refractivity contribution in [2.45, 2.75) is 32.8 Å². The number of carbonyl (C=O) groups is 2. The summed E-state index contributed by atoms with van der Waals surface area (Å²) >= 11 is 0. The van der Waals surface area contributed by atoms with E-state index in [1.165, 1.54) is 0 Å². The van der Waals surface area contributed by atoms with Gasteiger partial charge in [0.1, 0.15) is 5.75 Å². The van der Waals surface area contributed by atoms with Gasteiger partial charge in [-0.05, 0) is 49.1 Å². The lowest BCUT2D eigenvalue weighted by Crippen LogP contribution is -2.30. The van der Waals surface area contributed by atoms with E-state index in [0.29, 0.717) is 23.6 Å². The van der Waals surface area contributed by atoms with Crippen molar-refractivity contribution in [3.63, 3.8) is 0 Å². The number of carbonyl (C=O) groups excluding carboxylic acids is 2. The van der Waals surface area contributed by atoms with Crippen molar-refractivity contribution >= 4 is 28.3 Å². The molecule has 0 aliphatic rings. The molecule has 0 saturated carbocycles. The van der Waals surface area contributed by atoms with E-state index >= 15 is 0 Å². The number of fused-ring (bicyclic) bond motifs is 1. The first-order valence-corrected chi connectivity index (χ1v) is 9.81. The minimum absolute atomic E-state index is 0.267. The smallest absolute Gasteiger partial charge is 0.338 e. The highest BCUT2D eigenvalue weighted by molar-refractivity contribution is 5.96. The Bertz CT molecular complexity index is 976. The van der Waals surface area contributed by atoms with Gasteiger partial charge in [-0.3, -0.25) is 4.79 Å². The van der Waals surface area contributed by atoms with Gasteiger partial charge in [-0.15, -0.1) is 0 Å². The molecule has 5 heteroatoms. The second-order valence-corrected chi connectivity index (χ2v) is 6.79. The Labute approximate surface area is 170 Å². The molecule has 0 bridgehead atoms. The van der Waals surface area contributed by atoms with Crippen LogP contribution in [-0.4, -0.2) is 24.6 Å². The second kappa shape index (κ2) is 9.73. The molecule has 0 aromatic heterocycles. The largest absolute Gasteiger partial charge is 0.480 e. The maximum atomic E-state index is 12.5. The number of hydrogen-bond donors (Lipinski definition) is 1. The van der Waals surface area contributed by atoms with Crippen LogP contribution in [0.2, 0.25) is 0 Å². The monoisotopic (exact) mass is 391 g/mol. The molecule has 0 radical (unpaired) electrons. The molecule has 5 nitrogen and oxygen atoms in total. The average molecular weight is 391 g/mol. The number of ether oxygens (including phenoxy) is 2. The molecule has 0 aliphatic heterocycles. The summed E-state index contributed by atoms with van der Waals surface area (Å²) in [4.78, 5) is 24.5. The van der Waals surface area contributed by atoms with Gasteiger partial charge in [0.2, 0.25) is 0 Å². The molecule has 3 aromatic rings. The fourth-order valence-corrected chi connectivity index (χ4v) is 2.87. The van der Waals surface area contributed by atoms with Gasteiger partial charge < -0.3 is 14.8 Å². The summed E-state index contributed by atoms with van der Waals surface area (Å²) in [6.45, 7) is 4.16. The summed E-state index contributed by atoms with van der Waals surface area (Å²) in [7, 11) is 0. The molecule has 1 amide bonds. The average Bonchev–Trinajstić information content (AvgIpc) is 2.74. The Morgan fingerprint density at radius 3 is 2.45 bits per heavy atom. The lowest BCUT2D eigenvalue weighted by atomic mass is 10.1. The van der Waals surface area contributed by atoms with Gasteiger partial charge in [0.05, 0.1) is 12.2 Å². The zero-order valence-corrected chi connectivity index (χ0v) is 16.7. The third-order valence-electron chi connectivity index (χ3n) is 4.54. The summed E-state index contributed by atoms with van der Waals surface area (Å²) in [6.07, 6.45) is 1.13. The first kappa shape index (κ1) is 20.4. The molecule has 0 saturated heterocycles. The molecule has 1 N–H and O–H groups in total. The van der Waals surface area contributed by atoms with Gasteiger partial charge in [-0.1, -0.05) is 49.7 Å². The van der Waals surface area contributed by atoms with Crippen molar-refractivity contribution < 1.29 is 19.1 Å². The van der Waals surface area contributed by atoms with E-state index in [9.17, 15) is 9.59 Å². The minimum Gasteiger partial charge on any atom is -0.480 e. The number of nitrogens with one attached hydrogen (secondary N) is 1. The van der Waals surface area contributed by atoms with Crippen molar-refractivity contribution in [2.75, 3.05) is 11.9 Å². The molecular formula is C24H25NO4. The van der Waals surface area contributed by atoms with Crippen LogP contribution in [0.25, 0.3) is 10.8 Å². The highest BCUT2D eigenvalue weighted by atomic mass is 16.5. The van der Waals surface area contributed by atoms with Crippen LogP contribution >= 0.6 is 0 Å².